The van der Waals surface area contributed by atoms with Gasteiger partial charge in [-0.1, -0.05) is 6.07 Å². The molecular formula is C16H12N4OS. The zero-order valence-electron chi connectivity index (χ0n) is 11.8. The SMILES string of the molecule is Cc1cn2ccc3c(c2n1)OC(N)=C(C#N)C3c1cccs1. The van der Waals surface area contributed by atoms with Crippen LogP contribution in [0.5, 0.6) is 5.75 Å². The summed E-state index contributed by atoms with van der Waals surface area (Å²) >= 11 is 1.60. The summed E-state index contributed by atoms with van der Waals surface area (Å²) in [4.78, 5) is 5.57. The molecule has 0 spiro atoms. The maximum Gasteiger partial charge on any atom is 0.205 e. The van der Waals surface area contributed by atoms with Crippen molar-refractivity contribution >= 4 is 17.0 Å². The fourth-order valence-electron chi connectivity index (χ4n) is 2.83. The molecule has 5 nitrogen and oxygen atoms in total. The lowest BCUT2D eigenvalue weighted by molar-refractivity contribution is 0.396. The molecule has 6 heteroatoms. The van der Waals surface area contributed by atoms with E-state index in [0.29, 0.717) is 11.3 Å². The first kappa shape index (κ1) is 12.9. The molecule has 3 aromatic heterocycles. The Hall–Kier alpha value is -2.78. The van der Waals surface area contributed by atoms with Crippen molar-refractivity contribution in [3.8, 4) is 11.8 Å². The van der Waals surface area contributed by atoms with Crippen molar-refractivity contribution in [3.63, 3.8) is 0 Å². The number of hydrogen-bond acceptors (Lipinski definition) is 5. The van der Waals surface area contributed by atoms with Crippen molar-refractivity contribution < 1.29 is 4.74 Å². The topological polar surface area (TPSA) is 76.3 Å². The van der Waals surface area contributed by atoms with Crippen molar-refractivity contribution in [2.24, 2.45) is 5.73 Å². The summed E-state index contributed by atoms with van der Waals surface area (Å²) in [6.45, 7) is 1.93. The van der Waals surface area contributed by atoms with Gasteiger partial charge in [-0.05, 0) is 24.4 Å². The molecule has 0 fully saturated rings. The molecule has 0 radical (unpaired) electrons. The monoisotopic (exact) mass is 308 g/mol. The van der Waals surface area contributed by atoms with E-state index < -0.39 is 0 Å². The lowest BCUT2D eigenvalue weighted by atomic mass is 9.89. The molecule has 0 saturated carbocycles. The normalized spacial score (nSPS) is 17.2. The van der Waals surface area contributed by atoms with Crippen LogP contribution in [0.15, 0.2) is 47.4 Å². The molecule has 0 bridgehead atoms. The van der Waals surface area contributed by atoms with Gasteiger partial charge in [-0.2, -0.15) is 5.26 Å². The number of nitriles is 1. The molecule has 2 N–H and O–H groups in total. The van der Waals surface area contributed by atoms with Gasteiger partial charge in [0, 0.05) is 22.8 Å². The summed E-state index contributed by atoms with van der Waals surface area (Å²) in [5, 5.41) is 11.5. The van der Waals surface area contributed by atoms with Crippen LogP contribution >= 0.6 is 11.3 Å². The predicted molar refractivity (Wildman–Crippen MR) is 83.5 cm³/mol. The Kier molecular flexibility index (Phi) is 2.71. The zero-order valence-corrected chi connectivity index (χ0v) is 12.6. The van der Waals surface area contributed by atoms with Gasteiger partial charge >= 0.3 is 0 Å². The maximum atomic E-state index is 9.49. The minimum absolute atomic E-state index is 0.155. The molecule has 0 aromatic carbocycles. The lowest BCUT2D eigenvalue weighted by Gasteiger charge is -2.25. The number of aryl methyl sites for hydroxylation is 1. The van der Waals surface area contributed by atoms with Crippen LogP contribution in [0.2, 0.25) is 0 Å². The fraction of sp³-hybridized carbons (Fsp3) is 0.125. The molecule has 1 aliphatic rings. The summed E-state index contributed by atoms with van der Waals surface area (Å²) in [5.41, 5.74) is 8.99. The number of fused-ring (bicyclic) bond motifs is 3. The van der Waals surface area contributed by atoms with Crippen LogP contribution in [0.1, 0.15) is 22.1 Å². The Bertz CT molecular complexity index is 947. The van der Waals surface area contributed by atoms with Crippen molar-refractivity contribution in [1.29, 1.82) is 5.26 Å². The van der Waals surface area contributed by atoms with Gasteiger partial charge in [-0.25, -0.2) is 4.98 Å². The van der Waals surface area contributed by atoms with Crippen molar-refractivity contribution in [2.45, 2.75) is 12.8 Å². The van der Waals surface area contributed by atoms with E-state index >= 15 is 0 Å². The molecule has 1 unspecified atom stereocenters. The highest BCUT2D eigenvalue weighted by atomic mass is 32.1. The van der Waals surface area contributed by atoms with Crippen molar-refractivity contribution in [3.05, 3.63) is 63.6 Å². The summed E-state index contributed by atoms with van der Waals surface area (Å²) in [6, 6.07) is 8.15. The van der Waals surface area contributed by atoms with Crippen LogP contribution in [0, 0.1) is 18.3 Å². The average molecular weight is 308 g/mol. The molecule has 0 aliphatic carbocycles. The van der Waals surface area contributed by atoms with Crippen molar-refractivity contribution in [2.75, 3.05) is 0 Å². The molecule has 22 heavy (non-hydrogen) atoms. The Morgan fingerprint density at radius 3 is 3.05 bits per heavy atom. The van der Waals surface area contributed by atoms with Crippen LogP contribution in [0.25, 0.3) is 5.65 Å². The van der Waals surface area contributed by atoms with E-state index in [9.17, 15) is 5.26 Å². The first-order chi connectivity index (χ1) is 10.7. The fourth-order valence-corrected chi connectivity index (χ4v) is 3.68. The molecule has 0 saturated heterocycles. The second-order valence-corrected chi connectivity index (χ2v) is 6.13. The van der Waals surface area contributed by atoms with E-state index in [-0.39, 0.29) is 11.8 Å². The molecular weight excluding hydrogens is 296 g/mol. The zero-order chi connectivity index (χ0) is 15.3. The Balaban J connectivity index is 2.03. The number of hydrogen-bond donors (Lipinski definition) is 1. The third-order valence-corrected chi connectivity index (χ3v) is 4.70. The lowest BCUT2D eigenvalue weighted by Crippen LogP contribution is -2.21. The van der Waals surface area contributed by atoms with Gasteiger partial charge < -0.3 is 14.9 Å². The maximum absolute atomic E-state index is 9.49. The van der Waals surface area contributed by atoms with E-state index in [2.05, 4.69) is 11.1 Å². The van der Waals surface area contributed by atoms with Gasteiger partial charge in [-0.3, -0.25) is 0 Å². The average Bonchev–Trinajstić information content (AvgIpc) is 3.14. The smallest absolute Gasteiger partial charge is 0.205 e. The largest absolute Gasteiger partial charge is 0.436 e. The number of nitrogens with two attached hydrogens (primary N) is 1. The van der Waals surface area contributed by atoms with Gasteiger partial charge in [0.05, 0.1) is 11.6 Å². The third-order valence-electron chi connectivity index (χ3n) is 3.76. The van der Waals surface area contributed by atoms with Crippen LogP contribution in [-0.4, -0.2) is 9.38 Å². The number of rotatable bonds is 1. The Morgan fingerprint density at radius 2 is 2.32 bits per heavy atom. The van der Waals surface area contributed by atoms with Gasteiger partial charge in [0.2, 0.25) is 5.88 Å². The highest BCUT2D eigenvalue weighted by molar-refractivity contribution is 7.10. The minimum atomic E-state index is -0.198. The van der Waals surface area contributed by atoms with Gasteiger partial charge in [0.25, 0.3) is 0 Å². The Labute approximate surface area is 130 Å². The van der Waals surface area contributed by atoms with Crippen LogP contribution in [0.3, 0.4) is 0 Å². The quantitative estimate of drug-likeness (QED) is 0.750. The molecule has 1 aliphatic heterocycles. The first-order valence-electron chi connectivity index (χ1n) is 6.78. The van der Waals surface area contributed by atoms with Crippen molar-refractivity contribution in [1.82, 2.24) is 9.38 Å². The highest BCUT2D eigenvalue weighted by Crippen LogP contribution is 2.44. The summed E-state index contributed by atoms with van der Waals surface area (Å²) in [7, 11) is 0. The highest BCUT2D eigenvalue weighted by Gasteiger charge is 2.33. The first-order valence-corrected chi connectivity index (χ1v) is 7.66. The number of pyridine rings is 1. The van der Waals surface area contributed by atoms with Crippen LogP contribution in [0.4, 0.5) is 0 Å². The van der Waals surface area contributed by atoms with E-state index in [0.717, 1.165) is 21.8 Å². The van der Waals surface area contributed by atoms with E-state index in [4.69, 9.17) is 10.5 Å². The molecule has 4 rings (SSSR count). The minimum Gasteiger partial charge on any atom is -0.436 e. The predicted octanol–water partition coefficient (Wildman–Crippen LogP) is 2.92. The molecule has 1 atom stereocenters. The standard InChI is InChI=1S/C16H12N4OS/c1-9-8-20-5-4-10-13(12-3-2-6-22-12)11(7-17)15(18)21-14(10)16(20)19-9/h2-6,8,13H,18H2,1H3. The third kappa shape index (κ3) is 1.73. The number of aromatic nitrogens is 2. The van der Waals surface area contributed by atoms with E-state index in [1.165, 1.54) is 0 Å². The number of nitrogens with zero attached hydrogens (tertiary/aromatic N) is 3. The van der Waals surface area contributed by atoms with E-state index in [1.54, 1.807) is 11.3 Å². The van der Waals surface area contributed by atoms with Crippen LogP contribution in [-0.2, 0) is 0 Å². The molecule has 4 heterocycles. The number of allylic oxidation sites excluding steroid dienone is 1. The van der Waals surface area contributed by atoms with E-state index in [1.807, 2.05) is 47.3 Å². The molecule has 108 valence electrons. The number of ether oxygens (including phenoxy) is 1. The Morgan fingerprint density at radius 1 is 1.45 bits per heavy atom. The summed E-state index contributed by atoms with van der Waals surface area (Å²) in [5.74, 6) is 0.586. The second-order valence-electron chi connectivity index (χ2n) is 5.15. The number of imidazole rings is 1. The van der Waals surface area contributed by atoms with Crippen LogP contribution < -0.4 is 10.5 Å². The van der Waals surface area contributed by atoms with Gasteiger partial charge in [-0.15, -0.1) is 11.3 Å². The molecule has 3 aromatic rings. The molecule has 0 amide bonds. The number of thiophene rings is 1. The summed E-state index contributed by atoms with van der Waals surface area (Å²) in [6.07, 6.45) is 3.87. The second kappa shape index (κ2) is 4.61. The van der Waals surface area contributed by atoms with Gasteiger partial charge in [0.1, 0.15) is 11.6 Å². The van der Waals surface area contributed by atoms with Gasteiger partial charge in [0.15, 0.2) is 11.4 Å². The summed E-state index contributed by atoms with van der Waals surface area (Å²) < 4.78 is 7.65.